The number of amides is 1. The number of hydrogen-bond acceptors (Lipinski definition) is 4. The lowest BCUT2D eigenvalue weighted by Crippen LogP contribution is -2.26. The Hall–Kier alpha value is -2.87. The molecule has 0 unspecified atom stereocenters. The molecule has 3 rings (SSSR count). The quantitative estimate of drug-likeness (QED) is 0.375. The summed E-state index contributed by atoms with van der Waals surface area (Å²) in [6.45, 7) is 1.92. The second-order valence-corrected chi connectivity index (χ2v) is 7.53. The molecule has 0 aliphatic carbocycles. The zero-order valence-electron chi connectivity index (χ0n) is 16.0. The third-order valence-electron chi connectivity index (χ3n) is 4.27. The summed E-state index contributed by atoms with van der Waals surface area (Å²) in [7, 11) is 1.53. The topological polar surface area (TPSA) is 64.6 Å². The number of methoxy groups -OCH3 is 1. The lowest BCUT2D eigenvalue weighted by Gasteiger charge is -2.19. The molecule has 148 valence electrons. The molecule has 6 heteroatoms. The molecule has 0 saturated carbocycles. The van der Waals surface area contributed by atoms with E-state index in [-0.39, 0.29) is 0 Å². The molecule has 0 spiro atoms. The average Bonchev–Trinajstić information content (AvgIpc) is 2.73. The number of benzene rings is 3. The van der Waals surface area contributed by atoms with E-state index in [1.807, 2.05) is 31.2 Å². The summed E-state index contributed by atoms with van der Waals surface area (Å²) < 4.78 is 11.7. The van der Waals surface area contributed by atoms with Gasteiger partial charge in [0, 0.05) is 9.13 Å². The van der Waals surface area contributed by atoms with Gasteiger partial charge in [-0.15, -0.1) is 0 Å². The van der Waals surface area contributed by atoms with Gasteiger partial charge in [-0.1, -0.05) is 48.5 Å². The van der Waals surface area contributed by atoms with Crippen molar-refractivity contribution < 1.29 is 19.1 Å². The molecule has 1 atom stereocenters. The molecule has 5 nitrogen and oxygen atoms in total. The lowest BCUT2D eigenvalue weighted by molar-refractivity contribution is -0.125. The fraction of sp³-hybridized carbons (Fsp3) is 0.130. The Balaban J connectivity index is 1.90. The first-order chi connectivity index (χ1) is 14.0. The van der Waals surface area contributed by atoms with Gasteiger partial charge in [0.15, 0.2) is 0 Å². The maximum absolute atomic E-state index is 13.1. The van der Waals surface area contributed by atoms with Gasteiger partial charge in [0.25, 0.3) is 5.91 Å². The number of carbonyl (C=O) groups excluding carboxylic acids is 2. The van der Waals surface area contributed by atoms with E-state index in [0.29, 0.717) is 22.6 Å². The van der Waals surface area contributed by atoms with Gasteiger partial charge < -0.3 is 14.8 Å². The van der Waals surface area contributed by atoms with Gasteiger partial charge in [-0.25, -0.2) is 4.79 Å². The van der Waals surface area contributed by atoms with Crippen LogP contribution in [0.2, 0.25) is 0 Å². The van der Waals surface area contributed by atoms with Crippen LogP contribution in [0.25, 0.3) is 0 Å². The third kappa shape index (κ3) is 5.14. The molecule has 0 bridgehead atoms. The van der Waals surface area contributed by atoms with Gasteiger partial charge >= 0.3 is 5.97 Å². The van der Waals surface area contributed by atoms with Crippen molar-refractivity contribution >= 4 is 40.2 Å². The molecule has 0 aliphatic rings. The van der Waals surface area contributed by atoms with Crippen molar-refractivity contribution in [3.63, 3.8) is 0 Å². The van der Waals surface area contributed by atoms with E-state index in [1.54, 1.807) is 48.5 Å². The minimum Gasteiger partial charge on any atom is -0.495 e. The Labute approximate surface area is 183 Å². The zero-order valence-corrected chi connectivity index (χ0v) is 18.2. The molecular formula is C23H20INO4. The van der Waals surface area contributed by atoms with Gasteiger partial charge in [-0.3, -0.25) is 4.79 Å². The summed E-state index contributed by atoms with van der Waals surface area (Å²) in [4.78, 5) is 25.9. The first-order valence-corrected chi connectivity index (χ1v) is 10.0. The highest BCUT2D eigenvalue weighted by Gasteiger charge is 2.27. The van der Waals surface area contributed by atoms with Crippen molar-refractivity contribution in [3.05, 3.63) is 93.1 Å². The Morgan fingerprint density at radius 3 is 2.34 bits per heavy atom. The summed E-state index contributed by atoms with van der Waals surface area (Å²) in [5, 5.41) is 2.83. The number of rotatable bonds is 6. The smallest absolute Gasteiger partial charge is 0.340 e. The minimum absolute atomic E-state index is 0.412. The predicted molar refractivity (Wildman–Crippen MR) is 120 cm³/mol. The van der Waals surface area contributed by atoms with Crippen molar-refractivity contribution in [2.24, 2.45) is 0 Å². The normalized spacial score (nSPS) is 11.4. The molecule has 3 aromatic rings. The maximum Gasteiger partial charge on any atom is 0.340 e. The van der Waals surface area contributed by atoms with Crippen LogP contribution in [0.5, 0.6) is 5.75 Å². The summed E-state index contributed by atoms with van der Waals surface area (Å²) in [6, 6.07) is 21.5. The number of anilines is 1. The lowest BCUT2D eigenvalue weighted by atomic mass is 10.1. The monoisotopic (exact) mass is 501 g/mol. The van der Waals surface area contributed by atoms with E-state index in [2.05, 4.69) is 27.9 Å². The Bertz CT molecular complexity index is 1020. The Morgan fingerprint density at radius 1 is 0.966 bits per heavy atom. The number of halogens is 1. The molecule has 1 N–H and O–H groups in total. The molecule has 3 aromatic carbocycles. The molecule has 0 heterocycles. The fourth-order valence-electron chi connectivity index (χ4n) is 2.82. The number of esters is 1. The number of ether oxygens (including phenoxy) is 2. The summed E-state index contributed by atoms with van der Waals surface area (Å²) in [5.74, 6) is -0.491. The van der Waals surface area contributed by atoms with Gasteiger partial charge in [0.05, 0.1) is 18.4 Å². The van der Waals surface area contributed by atoms with Crippen LogP contribution in [0.15, 0.2) is 72.8 Å². The second kappa shape index (κ2) is 9.56. The van der Waals surface area contributed by atoms with E-state index in [4.69, 9.17) is 9.47 Å². The van der Waals surface area contributed by atoms with E-state index >= 15 is 0 Å². The van der Waals surface area contributed by atoms with Crippen LogP contribution >= 0.6 is 22.6 Å². The molecule has 29 heavy (non-hydrogen) atoms. The maximum atomic E-state index is 13.1. The molecule has 0 aliphatic heterocycles. The molecule has 0 fully saturated rings. The van der Waals surface area contributed by atoms with Gasteiger partial charge in [-0.05, 0) is 59.3 Å². The summed E-state index contributed by atoms with van der Waals surface area (Å²) >= 11 is 2.07. The second-order valence-electron chi connectivity index (χ2n) is 6.37. The van der Waals surface area contributed by atoms with E-state index < -0.39 is 18.0 Å². The van der Waals surface area contributed by atoms with Gasteiger partial charge in [-0.2, -0.15) is 0 Å². The van der Waals surface area contributed by atoms with Crippen molar-refractivity contribution in [2.45, 2.75) is 13.0 Å². The number of hydrogen-bond donors (Lipinski definition) is 1. The largest absolute Gasteiger partial charge is 0.495 e. The van der Waals surface area contributed by atoms with Crippen LogP contribution in [-0.2, 0) is 9.53 Å². The molecular weight excluding hydrogens is 481 g/mol. The Kier molecular flexibility index (Phi) is 6.87. The van der Waals surface area contributed by atoms with Crippen LogP contribution in [-0.4, -0.2) is 19.0 Å². The van der Waals surface area contributed by atoms with Crippen molar-refractivity contribution in [1.82, 2.24) is 0 Å². The van der Waals surface area contributed by atoms with Crippen molar-refractivity contribution in [2.75, 3.05) is 12.4 Å². The standard InChI is InChI=1S/C23H20INO4/c1-15-12-13-20(28-2)19(14-15)25-22(26)21(16-8-4-3-5-9-16)29-23(27)17-10-6-7-11-18(17)24/h3-14,21H,1-2H3,(H,25,26)/t21-/m1/s1. The highest BCUT2D eigenvalue weighted by Crippen LogP contribution is 2.28. The van der Waals surface area contributed by atoms with E-state index in [1.165, 1.54) is 7.11 Å². The zero-order chi connectivity index (χ0) is 20.8. The fourth-order valence-corrected chi connectivity index (χ4v) is 3.42. The third-order valence-corrected chi connectivity index (χ3v) is 5.21. The summed E-state index contributed by atoms with van der Waals surface area (Å²) in [6.07, 6.45) is -1.11. The highest BCUT2D eigenvalue weighted by atomic mass is 127. The average molecular weight is 501 g/mol. The molecule has 0 radical (unpaired) electrons. The first-order valence-electron chi connectivity index (χ1n) is 8.95. The number of carbonyl (C=O) groups is 2. The molecule has 0 aromatic heterocycles. The first kappa shape index (κ1) is 20.9. The van der Waals surface area contributed by atoms with Crippen molar-refractivity contribution in [1.29, 1.82) is 0 Å². The van der Waals surface area contributed by atoms with E-state index in [9.17, 15) is 9.59 Å². The summed E-state index contributed by atoms with van der Waals surface area (Å²) in [5.41, 5.74) is 2.47. The molecule has 0 saturated heterocycles. The number of nitrogens with one attached hydrogen (secondary N) is 1. The van der Waals surface area contributed by atoms with Crippen LogP contribution in [0, 0.1) is 10.5 Å². The van der Waals surface area contributed by atoms with Crippen molar-refractivity contribution in [3.8, 4) is 5.75 Å². The van der Waals surface area contributed by atoms with Crippen LogP contribution in [0.3, 0.4) is 0 Å². The van der Waals surface area contributed by atoms with Gasteiger partial charge in [0.2, 0.25) is 6.10 Å². The van der Waals surface area contributed by atoms with Crippen LogP contribution in [0.1, 0.15) is 27.6 Å². The highest BCUT2D eigenvalue weighted by molar-refractivity contribution is 14.1. The van der Waals surface area contributed by atoms with Crippen LogP contribution < -0.4 is 10.1 Å². The van der Waals surface area contributed by atoms with E-state index in [0.717, 1.165) is 9.13 Å². The molecule has 1 amide bonds. The van der Waals surface area contributed by atoms with Crippen LogP contribution in [0.4, 0.5) is 5.69 Å². The predicted octanol–water partition coefficient (Wildman–Crippen LogP) is 5.15. The van der Waals surface area contributed by atoms with Gasteiger partial charge in [0.1, 0.15) is 5.75 Å². The number of aryl methyl sites for hydroxylation is 1. The SMILES string of the molecule is COc1ccc(C)cc1NC(=O)[C@H](OC(=O)c1ccccc1I)c1ccccc1. The Morgan fingerprint density at radius 2 is 1.66 bits per heavy atom. The minimum atomic E-state index is -1.11.